The third kappa shape index (κ3) is 4.91. The molecule has 0 fully saturated rings. The van der Waals surface area contributed by atoms with Crippen LogP contribution < -0.4 is 11.1 Å². The lowest BCUT2D eigenvalue weighted by Gasteiger charge is -2.21. The third-order valence-electron chi connectivity index (χ3n) is 2.82. The Bertz CT molecular complexity index is 612. The molecule has 1 aromatic heterocycles. The fourth-order valence-electron chi connectivity index (χ4n) is 1.96. The molecule has 21 heavy (non-hydrogen) atoms. The van der Waals surface area contributed by atoms with Gasteiger partial charge in [0, 0.05) is 17.3 Å². The fraction of sp³-hybridized carbons (Fsp3) is 0.294. The van der Waals surface area contributed by atoms with Crippen molar-refractivity contribution < 1.29 is 0 Å². The highest BCUT2D eigenvalue weighted by Crippen LogP contribution is 2.18. The SMILES string of the molecule is CC(C)(C)NC(N)=NCc1cccc(-c2ccccn2)c1. The number of nitrogens with one attached hydrogen (secondary N) is 1. The van der Waals surface area contributed by atoms with E-state index in [4.69, 9.17) is 5.73 Å². The van der Waals surface area contributed by atoms with E-state index in [1.54, 1.807) is 6.20 Å². The molecule has 2 rings (SSSR count). The van der Waals surface area contributed by atoms with Gasteiger partial charge in [0.05, 0.1) is 12.2 Å². The summed E-state index contributed by atoms with van der Waals surface area (Å²) in [5.41, 5.74) is 8.96. The topological polar surface area (TPSA) is 63.3 Å². The first-order valence-electron chi connectivity index (χ1n) is 7.02. The predicted octanol–water partition coefficient (Wildman–Crippen LogP) is 2.95. The molecule has 0 amide bonds. The highest BCUT2D eigenvalue weighted by atomic mass is 15.1. The van der Waals surface area contributed by atoms with Crippen molar-refractivity contribution >= 4 is 5.96 Å². The number of rotatable bonds is 3. The summed E-state index contributed by atoms with van der Waals surface area (Å²) >= 11 is 0. The van der Waals surface area contributed by atoms with Gasteiger partial charge in [0.2, 0.25) is 0 Å². The van der Waals surface area contributed by atoms with Gasteiger partial charge in [-0.25, -0.2) is 4.99 Å². The van der Waals surface area contributed by atoms with Crippen molar-refractivity contribution in [2.24, 2.45) is 10.7 Å². The van der Waals surface area contributed by atoms with Gasteiger partial charge in [0.1, 0.15) is 0 Å². The van der Waals surface area contributed by atoms with Crippen molar-refractivity contribution in [2.45, 2.75) is 32.9 Å². The largest absolute Gasteiger partial charge is 0.370 e. The monoisotopic (exact) mass is 282 g/mol. The maximum Gasteiger partial charge on any atom is 0.189 e. The summed E-state index contributed by atoms with van der Waals surface area (Å²) in [7, 11) is 0. The van der Waals surface area contributed by atoms with Gasteiger partial charge in [0.15, 0.2) is 5.96 Å². The number of nitrogens with two attached hydrogens (primary N) is 1. The standard InChI is InChI=1S/C17H22N4/c1-17(2,3)21-16(18)20-12-13-7-6-8-14(11-13)15-9-4-5-10-19-15/h4-11H,12H2,1-3H3,(H3,18,20,21). The van der Waals surface area contributed by atoms with E-state index in [0.29, 0.717) is 12.5 Å². The number of aliphatic imine (C=N–C) groups is 1. The van der Waals surface area contributed by atoms with E-state index in [0.717, 1.165) is 16.8 Å². The summed E-state index contributed by atoms with van der Waals surface area (Å²) in [6.07, 6.45) is 1.80. The van der Waals surface area contributed by atoms with Crippen molar-refractivity contribution in [3.8, 4) is 11.3 Å². The van der Waals surface area contributed by atoms with Crippen molar-refractivity contribution in [1.82, 2.24) is 10.3 Å². The average Bonchev–Trinajstić information content (AvgIpc) is 2.45. The van der Waals surface area contributed by atoms with Crippen molar-refractivity contribution in [1.29, 1.82) is 0 Å². The molecule has 0 spiro atoms. The molecular weight excluding hydrogens is 260 g/mol. The van der Waals surface area contributed by atoms with E-state index < -0.39 is 0 Å². The summed E-state index contributed by atoms with van der Waals surface area (Å²) in [6.45, 7) is 6.71. The molecule has 0 unspecified atom stereocenters. The van der Waals surface area contributed by atoms with E-state index in [1.807, 2.05) is 36.4 Å². The fourth-order valence-corrected chi connectivity index (χ4v) is 1.96. The van der Waals surface area contributed by atoms with Crippen LogP contribution in [0.5, 0.6) is 0 Å². The number of guanidine groups is 1. The van der Waals surface area contributed by atoms with Crippen LogP contribution >= 0.6 is 0 Å². The minimum absolute atomic E-state index is 0.0800. The molecule has 1 aromatic carbocycles. The van der Waals surface area contributed by atoms with Crippen molar-refractivity contribution in [3.63, 3.8) is 0 Å². The van der Waals surface area contributed by atoms with E-state index >= 15 is 0 Å². The molecule has 4 heteroatoms. The van der Waals surface area contributed by atoms with Crippen LogP contribution in [-0.2, 0) is 6.54 Å². The average molecular weight is 282 g/mol. The summed E-state index contributed by atoms with van der Waals surface area (Å²) in [6, 6.07) is 14.1. The summed E-state index contributed by atoms with van der Waals surface area (Å²) in [5, 5.41) is 3.15. The number of hydrogen-bond donors (Lipinski definition) is 2. The Morgan fingerprint density at radius 1 is 1.19 bits per heavy atom. The second-order valence-electron chi connectivity index (χ2n) is 5.99. The highest BCUT2D eigenvalue weighted by Gasteiger charge is 2.09. The quantitative estimate of drug-likeness (QED) is 0.672. The second-order valence-corrected chi connectivity index (χ2v) is 5.99. The Morgan fingerprint density at radius 3 is 2.67 bits per heavy atom. The zero-order chi connectivity index (χ0) is 15.3. The lowest BCUT2D eigenvalue weighted by atomic mass is 10.1. The summed E-state index contributed by atoms with van der Waals surface area (Å²) in [4.78, 5) is 8.74. The first-order valence-corrected chi connectivity index (χ1v) is 7.02. The van der Waals surface area contributed by atoms with Gasteiger partial charge in [0.25, 0.3) is 0 Å². The van der Waals surface area contributed by atoms with Crippen LogP contribution in [0.15, 0.2) is 53.7 Å². The number of pyridine rings is 1. The van der Waals surface area contributed by atoms with Gasteiger partial charge in [-0.1, -0.05) is 24.3 Å². The molecule has 4 nitrogen and oxygen atoms in total. The number of hydrogen-bond acceptors (Lipinski definition) is 2. The van der Waals surface area contributed by atoms with E-state index in [9.17, 15) is 0 Å². The van der Waals surface area contributed by atoms with Gasteiger partial charge in [-0.15, -0.1) is 0 Å². The van der Waals surface area contributed by atoms with Crippen LogP contribution in [0.1, 0.15) is 26.3 Å². The molecule has 0 aliphatic carbocycles. The maximum absolute atomic E-state index is 5.88. The number of aromatic nitrogens is 1. The molecular formula is C17H22N4. The van der Waals surface area contributed by atoms with E-state index in [1.165, 1.54) is 0 Å². The van der Waals surface area contributed by atoms with Crippen LogP contribution in [0.4, 0.5) is 0 Å². The van der Waals surface area contributed by atoms with E-state index in [2.05, 4.69) is 42.1 Å². The molecule has 1 heterocycles. The first kappa shape index (κ1) is 15.0. The van der Waals surface area contributed by atoms with Gasteiger partial charge >= 0.3 is 0 Å². The minimum Gasteiger partial charge on any atom is -0.370 e. The molecule has 3 N–H and O–H groups in total. The molecule has 0 radical (unpaired) electrons. The zero-order valence-corrected chi connectivity index (χ0v) is 12.8. The minimum atomic E-state index is -0.0800. The normalized spacial score (nSPS) is 12.2. The molecule has 0 saturated heterocycles. The molecule has 0 aliphatic rings. The molecule has 0 saturated carbocycles. The Balaban J connectivity index is 2.10. The van der Waals surface area contributed by atoms with Crippen molar-refractivity contribution in [2.75, 3.05) is 0 Å². The second kappa shape index (κ2) is 6.39. The van der Waals surface area contributed by atoms with Crippen LogP contribution in [0, 0.1) is 0 Å². The molecule has 110 valence electrons. The van der Waals surface area contributed by atoms with Crippen LogP contribution in [0.3, 0.4) is 0 Å². The van der Waals surface area contributed by atoms with Gasteiger partial charge < -0.3 is 11.1 Å². The van der Waals surface area contributed by atoms with Gasteiger partial charge in [-0.3, -0.25) is 4.98 Å². The zero-order valence-electron chi connectivity index (χ0n) is 12.8. The molecule has 0 atom stereocenters. The predicted molar refractivity (Wildman–Crippen MR) is 87.9 cm³/mol. The molecule has 0 aliphatic heterocycles. The Kier molecular flexibility index (Phi) is 4.58. The first-order chi connectivity index (χ1) is 9.94. The smallest absolute Gasteiger partial charge is 0.189 e. The van der Waals surface area contributed by atoms with Gasteiger partial charge in [-0.05, 0) is 44.5 Å². The van der Waals surface area contributed by atoms with Crippen molar-refractivity contribution in [3.05, 3.63) is 54.2 Å². The van der Waals surface area contributed by atoms with Crippen LogP contribution in [0.2, 0.25) is 0 Å². The lowest BCUT2D eigenvalue weighted by molar-refractivity contribution is 0.508. The summed E-state index contributed by atoms with van der Waals surface area (Å²) < 4.78 is 0. The van der Waals surface area contributed by atoms with Gasteiger partial charge in [-0.2, -0.15) is 0 Å². The highest BCUT2D eigenvalue weighted by molar-refractivity contribution is 5.78. The summed E-state index contributed by atoms with van der Waals surface area (Å²) in [5.74, 6) is 0.464. The van der Waals surface area contributed by atoms with Crippen LogP contribution in [-0.4, -0.2) is 16.5 Å². The Labute approximate surface area is 126 Å². The number of benzene rings is 1. The Morgan fingerprint density at radius 2 is 2.00 bits per heavy atom. The Hall–Kier alpha value is -2.36. The molecule has 0 bridgehead atoms. The van der Waals surface area contributed by atoms with Crippen LogP contribution in [0.25, 0.3) is 11.3 Å². The number of nitrogens with zero attached hydrogens (tertiary/aromatic N) is 2. The van der Waals surface area contributed by atoms with E-state index in [-0.39, 0.29) is 5.54 Å². The lowest BCUT2D eigenvalue weighted by Crippen LogP contribution is -2.44. The third-order valence-corrected chi connectivity index (χ3v) is 2.82. The maximum atomic E-state index is 5.88. The molecule has 2 aromatic rings.